The molecule has 0 fully saturated rings. The number of thiazole rings is 1. The van der Waals surface area contributed by atoms with Gasteiger partial charge >= 0.3 is 0 Å². The number of benzene rings is 1. The van der Waals surface area contributed by atoms with E-state index in [1.54, 1.807) is 22.9 Å². The second-order valence-electron chi connectivity index (χ2n) is 6.57. The van der Waals surface area contributed by atoms with Crippen LogP contribution in [0.2, 0.25) is 0 Å². The SMILES string of the molecule is Cc1ccc(C(=O)N[C@@H](C)c2nnc(SCC(=O)Nc3ncc(C)s3)n2C)cc1. The Morgan fingerprint density at radius 1 is 1.21 bits per heavy atom. The summed E-state index contributed by atoms with van der Waals surface area (Å²) < 4.78 is 1.78. The normalized spacial score (nSPS) is 11.9. The van der Waals surface area contributed by atoms with Crippen LogP contribution in [0.4, 0.5) is 5.13 Å². The Morgan fingerprint density at radius 2 is 1.93 bits per heavy atom. The van der Waals surface area contributed by atoms with Crippen LogP contribution in [0.3, 0.4) is 0 Å². The van der Waals surface area contributed by atoms with Crippen LogP contribution in [0.15, 0.2) is 35.6 Å². The first-order valence-electron chi connectivity index (χ1n) is 8.95. The zero-order chi connectivity index (χ0) is 21.0. The smallest absolute Gasteiger partial charge is 0.251 e. The van der Waals surface area contributed by atoms with E-state index >= 15 is 0 Å². The van der Waals surface area contributed by atoms with Gasteiger partial charge in [-0.3, -0.25) is 9.59 Å². The molecule has 0 aliphatic heterocycles. The Bertz CT molecular complexity index is 1010. The molecule has 0 saturated heterocycles. The number of carbonyl (C=O) groups excluding carboxylic acids is 2. The minimum atomic E-state index is -0.331. The van der Waals surface area contributed by atoms with Crippen LogP contribution < -0.4 is 10.6 Å². The Labute approximate surface area is 177 Å². The number of rotatable bonds is 7. The molecule has 0 unspecified atom stereocenters. The van der Waals surface area contributed by atoms with E-state index in [-0.39, 0.29) is 23.6 Å². The lowest BCUT2D eigenvalue weighted by Gasteiger charge is -2.13. The highest BCUT2D eigenvalue weighted by atomic mass is 32.2. The van der Waals surface area contributed by atoms with Crippen molar-refractivity contribution < 1.29 is 9.59 Å². The van der Waals surface area contributed by atoms with Crippen molar-refractivity contribution in [2.75, 3.05) is 11.1 Å². The van der Waals surface area contributed by atoms with Crippen LogP contribution in [0, 0.1) is 13.8 Å². The summed E-state index contributed by atoms with van der Waals surface area (Å²) in [5.74, 6) is 0.473. The molecular formula is C19H22N6O2S2. The lowest BCUT2D eigenvalue weighted by Crippen LogP contribution is -2.28. The molecule has 3 rings (SSSR count). The van der Waals surface area contributed by atoms with Crippen molar-refractivity contribution in [1.82, 2.24) is 25.1 Å². The van der Waals surface area contributed by atoms with Crippen LogP contribution in [-0.4, -0.2) is 37.3 Å². The average Bonchev–Trinajstić information content (AvgIpc) is 3.25. The number of hydrogen-bond donors (Lipinski definition) is 2. The van der Waals surface area contributed by atoms with Crippen LogP contribution in [0.5, 0.6) is 0 Å². The lowest BCUT2D eigenvalue weighted by molar-refractivity contribution is -0.113. The first-order chi connectivity index (χ1) is 13.8. The molecule has 2 aromatic heterocycles. The van der Waals surface area contributed by atoms with Gasteiger partial charge in [-0.25, -0.2) is 4.98 Å². The summed E-state index contributed by atoms with van der Waals surface area (Å²) in [6, 6.07) is 7.04. The molecule has 2 N–H and O–H groups in total. The van der Waals surface area contributed by atoms with E-state index in [9.17, 15) is 9.59 Å². The Morgan fingerprint density at radius 3 is 2.59 bits per heavy atom. The van der Waals surface area contributed by atoms with Crippen molar-refractivity contribution in [2.45, 2.75) is 32.0 Å². The second-order valence-corrected chi connectivity index (χ2v) is 8.75. The molecule has 2 heterocycles. The molecule has 8 nitrogen and oxygen atoms in total. The molecule has 0 radical (unpaired) electrons. The van der Waals surface area contributed by atoms with Gasteiger partial charge in [0.1, 0.15) is 0 Å². The first kappa shape index (κ1) is 21.0. The van der Waals surface area contributed by atoms with E-state index in [1.165, 1.54) is 23.1 Å². The highest BCUT2D eigenvalue weighted by Gasteiger charge is 2.19. The molecule has 0 saturated carbocycles. The minimum Gasteiger partial charge on any atom is -0.342 e. The average molecular weight is 431 g/mol. The number of thioether (sulfide) groups is 1. The molecule has 1 aromatic carbocycles. The van der Waals surface area contributed by atoms with Crippen LogP contribution in [0.25, 0.3) is 0 Å². The number of amides is 2. The number of nitrogens with one attached hydrogen (secondary N) is 2. The van der Waals surface area contributed by atoms with Gasteiger partial charge in [0, 0.05) is 23.7 Å². The van der Waals surface area contributed by atoms with E-state index < -0.39 is 0 Å². The first-order valence-corrected chi connectivity index (χ1v) is 10.8. The fourth-order valence-corrected chi connectivity index (χ4v) is 3.98. The lowest BCUT2D eigenvalue weighted by atomic mass is 10.1. The van der Waals surface area contributed by atoms with E-state index in [0.29, 0.717) is 21.7 Å². The highest BCUT2D eigenvalue weighted by Crippen LogP contribution is 2.21. The third-order valence-corrected chi connectivity index (χ3v) is 5.97. The predicted octanol–water partition coefficient (Wildman–Crippen LogP) is 3.11. The quantitative estimate of drug-likeness (QED) is 0.559. The van der Waals surface area contributed by atoms with Crippen LogP contribution in [0.1, 0.15) is 39.6 Å². The summed E-state index contributed by atoms with van der Waals surface area (Å²) in [4.78, 5) is 29.7. The summed E-state index contributed by atoms with van der Waals surface area (Å²) in [5, 5.41) is 15.2. The summed E-state index contributed by atoms with van der Waals surface area (Å²) in [6.45, 7) is 5.76. The topological polar surface area (TPSA) is 102 Å². The fourth-order valence-electron chi connectivity index (χ4n) is 2.58. The third kappa shape index (κ3) is 5.42. The third-order valence-electron chi connectivity index (χ3n) is 4.12. The summed E-state index contributed by atoms with van der Waals surface area (Å²) in [6.07, 6.45) is 1.72. The maximum Gasteiger partial charge on any atom is 0.251 e. The Kier molecular flexibility index (Phi) is 6.65. The van der Waals surface area contributed by atoms with E-state index in [1.807, 2.05) is 40.0 Å². The number of carbonyl (C=O) groups is 2. The molecule has 29 heavy (non-hydrogen) atoms. The minimum absolute atomic E-state index is 0.158. The highest BCUT2D eigenvalue weighted by molar-refractivity contribution is 7.99. The molecular weight excluding hydrogens is 408 g/mol. The van der Waals surface area contributed by atoms with Gasteiger partial charge in [0.2, 0.25) is 5.91 Å². The molecule has 1 atom stereocenters. The summed E-state index contributed by atoms with van der Waals surface area (Å²) in [7, 11) is 1.81. The van der Waals surface area contributed by atoms with Crippen LogP contribution in [-0.2, 0) is 11.8 Å². The number of hydrogen-bond acceptors (Lipinski definition) is 7. The van der Waals surface area contributed by atoms with Crippen molar-refractivity contribution in [2.24, 2.45) is 7.05 Å². The molecule has 3 aromatic rings. The number of anilines is 1. The summed E-state index contributed by atoms with van der Waals surface area (Å²) >= 11 is 2.71. The van der Waals surface area contributed by atoms with Crippen molar-refractivity contribution in [3.63, 3.8) is 0 Å². The maximum absolute atomic E-state index is 12.4. The molecule has 0 spiro atoms. The number of aryl methyl sites for hydroxylation is 2. The standard InChI is InChI=1S/C19H22N6O2S2/c1-11-5-7-14(8-6-11)17(27)21-13(3)16-23-24-19(25(16)4)28-10-15(26)22-18-20-9-12(2)29-18/h5-9,13H,10H2,1-4H3,(H,21,27)(H,20,22,26)/t13-/m0/s1. The zero-order valence-electron chi connectivity index (χ0n) is 16.6. The van der Waals surface area contributed by atoms with Gasteiger partial charge in [-0.15, -0.1) is 21.5 Å². The fraction of sp³-hybridized carbons (Fsp3) is 0.316. The van der Waals surface area contributed by atoms with Gasteiger partial charge in [-0.05, 0) is 32.9 Å². The molecule has 152 valence electrons. The van der Waals surface area contributed by atoms with Gasteiger partial charge in [0.15, 0.2) is 16.1 Å². The molecule has 10 heteroatoms. The summed E-state index contributed by atoms with van der Waals surface area (Å²) in [5.41, 5.74) is 1.69. The van der Waals surface area contributed by atoms with Gasteiger partial charge in [-0.1, -0.05) is 29.5 Å². The van der Waals surface area contributed by atoms with Gasteiger partial charge < -0.3 is 15.2 Å². The van der Waals surface area contributed by atoms with E-state index in [4.69, 9.17) is 0 Å². The zero-order valence-corrected chi connectivity index (χ0v) is 18.2. The van der Waals surface area contributed by atoms with Gasteiger partial charge in [0.25, 0.3) is 5.91 Å². The Balaban J connectivity index is 1.57. The van der Waals surface area contributed by atoms with Gasteiger partial charge in [-0.2, -0.15) is 0 Å². The molecule has 0 bridgehead atoms. The molecule has 0 aliphatic rings. The number of nitrogens with zero attached hydrogens (tertiary/aromatic N) is 4. The second kappa shape index (κ2) is 9.19. The maximum atomic E-state index is 12.4. The van der Waals surface area contributed by atoms with Crippen LogP contribution >= 0.6 is 23.1 Å². The van der Waals surface area contributed by atoms with Crippen molar-refractivity contribution >= 4 is 40.0 Å². The Hall–Kier alpha value is -2.72. The van der Waals surface area contributed by atoms with E-state index in [0.717, 1.165) is 10.4 Å². The van der Waals surface area contributed by atoms with E-state index in [2.05, 4.69) is 25.8 Å². The van der Waals surface area contributed by atoms with Crippen molar-refractivity contribution in [3.8, 4) is 0 Å². The molecule has 0 aliphatic carbocycles. The largest absolute Gasteiger partial charge is 0.342 e. The molecule has 2 amide bonds. The predicted molar refractivity (Wildman–Crippen MR) is 114 cm³/mol. The van der Waals surface area contributed by atoms with Crippen molar-refractivity contribution in [1.29, 1.82) is 0 Å². The monoisotopic (exact) mass is 430 g/mol. The number of aromatic nitrogens is 4. The van der Waals surface area contributed by atoms with Crippen molar-refractivity contribution in [3.05, 3.63) is 52.3 Å². The van der Waals surface area contributed by atoms with Gasteiger partial charge in [0.05, 0.1) is 11.8 Å².